The Morgan fingerprint density at radius 3 is 2.15 bits per heavy atom. The van der Waals surface area contributed by atoms with Gasteiger partial charge in [-0.15, -0.1) is 0 Å². The van der Waals surface area contributed by atoms with Crippen LogP contribution in [0.4, 0.5) is 0 Å². The molecule has 26 heavy (non-hydrogen) atoms. The lowest BCUT2D eigenvalue weighted by atomic mass is 10.1. The molecule has 0 unspecified atom stereocenters. The summed E-state index contributed by atoms with van der Waals surface area (Å²) in [7, 11) is 0. The highest BCUT2D eigenvalue weighted by Gasteiger charge is 2.23. The standard InChI is InChI=1S/C20H18N2O4/c23-18(21-13-9-10-13)12-26-19(24)11-22-16-7-3-1-5-14(16)20(25)15-6-2-4-8-17(15)22/h1-8,13H,9-12H2,(H,21,23). The Morgan fingerprint density at radius 2 is 1.58 bits per heavy atom. The van der Waals surface area contributed by atoms with Gasteiger partial charge in [-0.25, -0.2) is 0 Å². The van der Waals surface area contributed by atoms with Crippen LogP contribution in [0.3, 0.4) is 0 Å². The van der Waals surface area contributed by atoms with Crippen molar-refractivity contribution in [1.82, 2.24) is 9.88 Å². The number of esters is 1. The molecule has 0 bridgehead atoms. The predicted octanol–water partition coefficient (Wildman–Crippen LogP) is 1.98. The van der Waals surface area contributed by atoms with E-state index in [-0.39, 0.29) is 30.5 Å². The highest BCUT2D eigenvalue weighted by molar-refractivity contribution is 5.94. The number of ether oxygens (including phenoxy) is 1. The molecule has 1 aliphatic rings. The Bertz CT molecular complexity index is 1010. The van der Waals surface area contributed by atoms with Crippen LogP contribution in [0.5, 0.6) is 0 Å². The van der Waals surface area contributed by atoms with Crippen LogP contribution in [0, 0.1) is 0 Å². The van der Waals surface area contributed by atoms with Crippen molar-refractivity contribution in [3.05, 3.63) is 58.8 Å². The van der Waals surface area contributed by atoms with Crippen molar-refractivity contribution in [1.29, 1.82) is 0 Å². The van der Waals surface area contributed by atoms with Crippen LogP contribution in [0.25, 0.3) is 21.8 Å². The molecule has 1 heterocycles. The smallest absolute Gasteiger partial charge is 0.326 e. The molecule has 2 aromatic carbocycles. The average molecular weight is 350 g/mol. The molecule has 1 fully saturated rings. The molecule has 1 N–H and O–H groups in total. The second-order valence-electron chi connectivity index (χ2n) is 6.45. The highest BCUT2D eigenvalue weighted by Crippen LogP contribution is 2.19. The summed E-state index contributed by atoms with van der Waals surface area (Å²) in [6.45, 7) is -0.358. The van der Waals surface area contributed by atoms with Crippen molar-refractivity contribution in [2.75, 3.05) is 6.61 Å². The SMILES string of the molecule is O=C(COC(=O)Cn1c2ccccc2c(=O)c2ccccc21)NC1CC1. The van der Waals surface area contributed by atoms with Crippen molar-refractivity contribution in [2.24, 2.45) is 0 Å². The van der Waals surface area contributed by atoms with E-state index in [1.807, 2.05) is 12.1 Å². The van der Waals surface area contributed by atoms with Gasteiger partial charge in [0, 0.05) is 16.8 Å². The van der Waals surface area contributed by atoms with E-state index in [1.54, 1.807) is 41.0 Å². The number of amides is 1. The topological polar surface area (TPSA) is 77.4 Å². The number of aromatic nitrogens is 1. The zero-order valence-corrected chi connectivity index (χ0v) is 14.1. The zero-order valence-electron chi connectivity index (χ0n) is 14.1. The third-order valence-electron chi connectivity index (χ3n) is 4.47. The summed E-state index contributed by atoms with van der Waals surface area (Å²) in [5.74, 6) is -0.801. The van der Waals surface area contributed by atoms with Gasteiger partial charge in [-0.05, 0) is 37.1 Å². The second-order valence-corrected chi connectivity index (χ2v) is 6.45. The first-order chi connectivity index (χ1) is 12.6. The van der Waals surface area contributed by atoms with Crippen molar-refractivity contribution in [3.8, 4) is 0 Å². The fourth-order valence-corrected chi connectivity index (χ4v) is 3.07. The van der Waals surface area contributed by atoms with E-state index in [0.29, 0.717) is 21.8 Å². The Balaban J connectivity index is 1.64. The van der Waals surface area contributed by atoms with Gasteiger partial charge in [0.25, 0.3) is 5.91 Å². The Labute approximate surface area is 149 Å². The van der Waals surface area contributed by atoms with E-state index in [9.17, 15) is 14.4 Å². The predicted molar refractivity (Wildman–Crippen MR) is 97.8 cm³/mol. The van der Waals surface area contributed by atoms with E-state index < -0.39 is 5.97 Å². The van der Waals surface area contributed by atoms with E-state index in [2.05, 4.69) is 5.32 Å². The van der Waals surface area contributed by atoms with Gasteiger partial charge in [-0.1, -0.05) is 24.3 Å². The van der Waals surface area contributed by atoms with Crippen molar-refractivity contribution in [2.45, 2.75) is 25.4 Å². The van der Waals surface area contributed by atoms with Gasteiger partial charge in [0.2, 0.25) is 0 Å². The third-order valence-corrected chi connectivity index (χ3v) is 4.47. The number of nitrogens with one attached hydrogen (secondary N) is 1. The summed E-state index contributed by atoms with van der Waals surface area (Å²) in [4.78, 5) is 36.6. The number of hydrogen-bond acceptors (Lipinski definition) is 4. The van der Waals surface area contributed by atoms with Gasteiger partial charge in [-0.3, -0.25) is 14.4 Å². The lowest BCUT2D eigenvalue weighted by Gasteiger charge is -2.14. The normalized spacial score (nSPS) is 13.7. The first kappa shape index (κ1) is 16.3. The molecule has 1 saturated carbocycles. The molecule has 1 amide bonds. The van der Waals surface area contributed by atoms with Crippen LogP contribution >= 0.6 is 0 Å². The summed E-state index contributed by atoms with van der Waals surface area (Å²) >= 11 is 0. The monoisotopic (exact) mass is 350 g/mol. The van der Waals surface area contributed by atoms with Crippen molar-refractivity contribution < 1.29 is 14.3 Å². The van der Waals surface area contributed by atoms with Crippen LogP contribution in [0.2, 0.25) is 0 Å². The molecule has 0 aliphatic heterocycles. The lowest BCUT2D eigenvalue weighted by Crippen LogP contribution is -2.31. The Kier molecular flexibility index (Phi) is 4.16. The molecular weight excluding hydrogens is 332 g/mol. The number of carbonyl (C=O) groups is 2. The summed E-state index contributed by atoms with van der Waals surface area (Å²) in [5, 5.41) is 3.87. The van der Waals surface area contributed by atoms with E-state index in [4.69, 9.17) is 4.74 Å². The van der Waals surface area contributed by atoms with Crippen LogP contribution in [-0.4, -0.2) is 29.1 Å². The molecule has 3 aromatic rings. The quantitative estimate of drug-likeness (QED) is 0.564. The Hall–Kier alpha value is -3.15. The van der Waals surface area contributed by atoms with Crippen LogP contribution < -0.4 is 10.7 Å². The van der Waals surface area contributed by atoms with Crippen LogP contribution in [-0.2, 0) is 20.9 Å². The van der Waals surface area contributed by atoms with Gasteiger partial charge in [-0.2, -0.15) is 0 Å². The summed E-state index contributed by atoms with van der Waals surface area (Å²) in [6, 6.07) is 14.6. The average Bonchev–Trinajstić information content (AvgIpc) is 3.47. The number of carbonyl (C=O) groups excluding carboxylic acids is 2. The lowest BCUT2D eigenvalue weighted by molar-refractivity contribution is -0.149. The minimum atomic E-state index is -0.519. The number of rotatable bonds is 5. The molecule has 1 aromatic heterocycles. The molecular formula is C20H18N2O4. The maximum absolute atomic E-state index is 12.7. The van der Waals surface area contributed by atoms with E-state index in [0.717, 1.165) is 12.8 Å². The largest absolute Gasteiger partial charge is 0.454 e. The van der Waals surface area contributed by atoms with Crippen LogP contribution in [0.1, 0.15) is 12.8 Å². The highest BCUT2D eigenvalue weighted by atomic mass is 16.5. The van der Waals surface area contributed by atoms with E-state index >= 15 is 0 Å². The number of fused-ring (bicyclic) bond motifs is 2. The Morgan fingerprint density at radius 1 is 1.00 bits per heavy atom. The summed E-state index contributed by atoms with van der Waals surface area (Å²) < 4.78 is 6.87. The molecule has 132 valence electrons. The van der Waals surface area contributed by atoms with Crippen molar-refractivity contribution >= 4 is 33.7 Å². The first-order valence-corrected chi connectivity index (χ1v) is 8.59. The number of nitrogens with zero attached hydrogens (tertiary/aromatic N) is 1. The second kappa shape index (κ2) is 6.63. The minimum absolute atomic E-state index is 0.0652. The number of pyridine rings is 1. The maximum atomic E-state index is 12.7. The number of benzene rings is 2. The molecule has 0 atom stereocenters. The molecule has 4 rings (SSSR count). The minimum Gasteiger partial charge on any atom is -0.454 e. The number of hydrogen-bond donors (Lipinski definition) is 1. The molecule has 0 saturated heterocycles. The van der Waals surface area contributed by atoms with Gasteiger partial charge < -0.3 is 14.6 Å². The third kappa shape index (κ3) is 3.18. The van der Waals surface area contributed by atoms with Crippen molar-refractivity contribution in [3.63, 3.8) is 0 Å². The summed E-state index contributed by atoms with van der Waals surface area (Å²) in [6.07, 6.45) is 1.96. The van der Waals surface area contributed by atoms with Gasteiger partial charge in [0.05, 0.1) is 11.0 Å². The number of para-hydroxylation sites is 2. The fraction of sp³-hybridized carbons (Fsp3) is 0.250. The first-order valence-electron chi connectivity index (χ1n) is 8.59. The van der Waals surface area contributed by atoms with Gasteiger partial charge in [0.15, 0.2) is 12.0 Å². The molecule has 0 spiro atoms. The summed E-state index contributed by atoms with van der Waals surface area (Å²) in [5.41, 5.74) is 1.26. The molecule has 1 aliphatic carbocycles. The maximum Gasteiger partial charge on any atom is 0.326 e. The van der Waals surface area contributed by atoms with Gasteiger partial charge >= 0.3 is 5.97 Å². The zero-order chi connectivity index (χ0) is 18.1. The molecule has 0 radical (unpaired) electrons. The van der Waals surface area contributed by atoms with Crippen LogP contribution in [0.15, 0.2) is 53.3 Å². The van der Waals surface area contributed by atoms with E-state index in [1.165, 1.54) is 0 Å². The fourth-order valence-electron chi connectivity index (χ4n) is 3.07. The molecule has 6 nitrogen and oxygen atoms in total. The molecule has 6 heteroatoms. The van der Waals surface area contributed by atoms with Gasteiger partial charge in [0.1, 0.15) is 6.54 Å².